The molecule has 0 saturated heterocycles. The minimum Gasteiger partial charge on any atom is -0.480 e. The van der Waals surface area contributed by atoms with Crippen LogP contribution in [0.1, 0.15) is 19.4 Å². The Kier molecular flexibility index (Phi) is 3.75. The molecule has 3 N–H and O–H groups in total. The zero-order valence-electron chi connectivity index (χ0n) is 13.5. The van der Waals surface area contributed by atoms with Gasteiger partial charge in [0.1, 0.15) is 12.1 Å². The van der Waals surface area contributed by atoms with Crippen LogP contribution in [0, 0.1) is 5.92 Å². The minimum atomic E-state index is -1.02. The third-order valence-electron chi connectivity index (χ3n) is 4.50. The van der Waals surface area contributed by atoms with Gasteiger partial charge in [-0.05, 0) is 23.6 Å². The Labute approximate surface area is 134 Å². The second-order valence-corrected chi connectivity index (χ2v) is 6.42. The summed E-state index contributed by atoms with van der Waals surface area (Å²) in [4.78, 5) is 29.4. The standard InChI is InChI=1S/C17H21N3O3/c1-9(2)15-16(21)19-12(17(22)23)7-10-8-18-11-5-4-6-13(14(10)11)20(15)3/h4-6,8-9,12,15,18H,7H2,1-3H3,(H,19,21)(H,22,23)/t12-,15-/m0/s1. The van der Waals surface area contributed by atoms with Crippen LogP contribution in [0.15, 0.2) is 24.4 Å². The fourth-order valence-corrected chi connectivity index (χ4v) is 3.44. The summed E-state index contributed by atoms with van der Waals surface area (Å²) >= 11 is 0. The third-order valence-corrected chi connectivity index (χ3v) is 4.50. The van der Waals surface area contributed by atoms with Gasteiger partial charge in [-0.15, -0.1) is 0 Å². The van der Waals surface area contributed by atoms with Crippen LogP contribution in [0.2, 0.25) is 0 Å². The molecule has 0 unspecified atom stereocenters. The third kappa shape index (κ3) is 2.54. The second-order valence-electron chi connectivity index (χ2n) is 6.42. The number of likely N-dealkylation sites (N-methyl/N-ethyl adjacent to an activating group) is 1. The van der Waals surface area contributed by atoms with E-state index in [-0.39, 0.29) is 18.2 Å². The van der Waals surface area contributed by atoms with Crippen LogP contribution in [0.25, 0.3) is 10.9 Å². The van der Waals surface area contributed by atoms with Gasteiger partial charge in [-0.25, -0.2) is 4.79 Å². The first-order valence-corrected chi connectivity index (χ1v) is 7.75. The van der Waals surface area contributed by atoms with Crippen molar-refractivity contribution in [1.82, 2.24) is 10.3 Å². The van der Waals surface area contributed by atoms with Gasteiger partial charge < -0.3 is 20.3 Å². The fraction of sp³-hybridized carbons (Fsp3) is 0.412. The molecule has 0 radical (unpaired) electrons. The van der Waals surface area contributed by atoms with E-state index >= 15 is 0 Å². The van der Waals surface area contributed by atoms with Crippen LogP contribution in [0.3, 0.4) is 0 Å². The molecule has 0 saturated carbocycles. The normalized spacial score (nSPS) is 21.7. The average molecular weight is 315 g/mol. The van der Waals surface area contributed by atoms with Gasteiger partial charge in [0.25, 0.3) is 0 Å². The quantitative estimate of drug-likeness (QED) is 0.788. The first-order valence-electron chi connectivity index (χ1n) is 7.75. The number of carboxylic acid groups (broad SMARTS) is 1. The first kappa shape index (κ1) is 15.4. The van der Waals surface area contributed by atoms with Gasteiger partial charge in [-0.1, -0.05) is 19.9 Å². The van der Waals surface area contributed by atoms with Crippen LogP contribution in [-0.2, 0) is 16.0 Å². The monoisotopic (exact) mass is 315 g/mol. The number of nitrogens with one attached hydrogen (secondary N) is 2. The van der Waals surface area contributed by atoms with Gasteiger partial charge in [0.2, 0.25) is 5.91 Å². The molecular weight excluding hydrogens is 294 g/mol. The van der Waals surface area contributed by atoms with E-state index in [0.717, 1.165) is 22.2 Å². The van der Waals surface area contributed by atoms with Crippen molar-refractivity contribution in [2.24, 2.45) is 5.92 Å². The molecular formula is C17H21N3O3. The Bertz CT molecular complexity index is 766. The van der Waals surface area contributed by atoms with Crippen molar-refractivity contribution in [1.29, 1.82) is 0 Å². The SMILES string of the molecule is CC(C)[C@H]1C(=O)N[C@H](C(=O)O)Cc2c[nH]c3cccc(c23)N1C. The predicted molar refractivity (Wildman–Crippen MR) is 88.6 cm³/mol. The highest BCUT2D eigenvalue weighted by atomic mass is 16.4. The van der Waals surface area contributed by atoms with Gasteiger partial charge >= 0.3 is 5.97 Å². The van der Waals surface area contributed by atoms with Gasteiger partial charge in [0.15, 0.2) is 0 Å². The Morgan fingerprint density at radius 1 is 1.39 bits per heavy atom. The van der Waals surface area contributed by atoms with Crippen LogP contribution >= 0.6 is 0 Å². The molecule has 1 aromatic carbocycles. The number of aromatic nitrogens is 1. The lowest BCUT2D eigenvalue weighted by atomic mass is 10.0. The molecule has 1 aliphatic heterocycles. The van der Waals surface area contributed by atoms with E-state index in [2.05, 4.69) is 10.3 Å². The predicted octanol–water partition coefficient (Wildman–Crippen LogP) is 1.75. The molecule has 0 fully saturated rings. The van der Waals surface area contributed by atoms with E-state index in [0.29, 0.717) is 0 Å². The molecule has 2 atom stereocenters. The van der Waals surface area contributed by atoms with Crippen molar-refractivity contribution in [2.45, 2.75) is 32.4 Å². The molecule has 0 spiro atoms. The minimum absolute atomic E-state index is 0.0465. The van der Waals surface area contributed by atoms with E-state index in [9.17, 15) is 14.7 Å². The summed E-state index contributed by atoms with van der Waals surface area (Å²) in [7, 11) is 1.89. The molecule has 3 rings (SSSR count). The van der Waals surface area contributed by atoms with Crippen LogP contribution in [0.4, 0.5) is 5.69 Å². The Balaban J connectivity index is 2.22. The summed E-state index contributed by atoms with van der Waals surface area (Å²) < 4.78 is 0. The van der Waals surface area contributed by atoms with Crippen LogP contribution in [0.5, 0.6) is 0 Å². The number of carboxylic acids is 1. The summed E-state index contributed by atoms with van der Waals surface area (Å²) in [5, 5.41) is 13.1. The maximum Gasteiger partial charge on any atom is 0.326 e. The number of rotatable bonds is 2. The van der Waals surface area contributed by atoms with Crippen molar-refractivity contribution in [3.8, 4) is 0 Å². The Morgan fingerprint density at radius 3 is 2.78 bits per heavy atom. The summed E-state index contributed by atoms with van der Waals surface area (Å²) in [6, 6.07) is 4.52. The van der Waals surface area contributed by atoms with Crippen LogP contribution < -0.4 is 10.2 Å². The molecule has 2 heterocycles. The maximum absolute atomic E-state index is 12.7. The number of benzene rings is 1. The molecule has 122 valence electrons. The highest BCUT2D eigenvalue weighted by Crippen LogP contribution is 2.33. The van der Waals surface area contributed by atoms with Crippen molar-refractivity contribution in [2.75, 3.05) is 11.9 Å². The largest absolute Gasteiger partial charge is 0.480 e. The molecule has 1 amide bonds. The van der Waals surface area contributed by atoms with E-state index in [1.807, 2.05) is 50.2 Å². The van der Waals surface area contributed by atoms with Crippen molar-refractivity contribution in [3.63, 3.8) is 0 Å². The number of aliphatic carboxylic acids is 1. The number of nitrogens with zero attached hydrogens (tertiary/aromatic N) is 1. The topological polar surface area (TPSA) is 85.4 Å². The molecule has 0 aliphatic carbocycles. The lowest BCUT2D eigenvalue weighted by molar-refractivity contribution is -0.142. The maximum atomic E-state index is 12.7. The fourth-order valence-electron chi connectivity index (χ4n) is 3.44. The number of carbonyl (C=O) groups excluding carboxylic acids is 1. The average Bonchev–Trinajstić information content (AvgIpc) is 2.89. The zero-order chi connectivity index (χ0) is 16.7. The molecule has 6 heteroatoms. The van der Waals surface area contributed by atoms with Gasteiger partial charge in [0.05, 0.1) is 0 Å². The highest BCUT2D eigenvalue weighted by Gasteiger charge is 2.33. The first-order chi connectivity index (χ1) is 10.9. The lowest BCUT2D eigenvalue weighted by Crippen LogP contribution is -2.53. The van der Waals surface area contributed by atoms with Gasteiger partial charge in [-0.2, -0.15) is 0 Å². The van der Waals surface area contributed by atoms with Crippen molar-refractivity contribution in [3.05, 3.63) is 30.0 Å². The number of carbonyl (C=O) groups is 2. The summed E-state index contributed by atoms with van der Waals surface area (Å²) in [6.45, 7) is 3.93. The lowest BCUT2D eigenvalue weighted by Gasteiger charge is -2.32. The molecule has 23 heavy (non-hydrogen) atoms. The van der Waals surface area contributed by atoms with E-state index in [4.69, 9.17) is 0 Å². The Morgan fingerprint density at radius 2 is 2.13 bits per heavy atom. The molecule has 1 aromatic heterocycles. The number of amides is 1. The van der Waals surface area contributed by atoms with Gasteiger partial charge in [-0.3, -0.25) is 4.79 Å². The second kappa shape index (κ2) is 5.61. The van der Waals surface area contributed by atoms with E-state index < -0.39 is 18.1 Å². The smallest absolute Gasteiger partial charge is 0.326 e. The number of hydrogen-bond donors (Lipinski definition) is 3. The molecule has 6 nitrogen and oxygen atoms in total. The summed E-state index contributed by atoms with van der Waals surface area (Å²) in [5.41, 5.74) is 2.79. The van der Waals surface area contributed by atoms with Crippen LogP contribution in [-0.4, -0.2) is 41.1 Å². The van der Waals surface area contributed by atoms with Crippen molar-refractivity contribution >= 4 is 28.5 Å². The van der Waals surface area contributed by atoms with E-state index in [1.54, 1.807) is 0 Å². The molecule has 2 aromatic rings. The number of anilines is 1. The number of hydrogen-bond acceptors (Lipinski definition) is 3. The number of H-pyrrole nitrogens is 1. The zero-order valence-corrected chi connectivity index (χ0v) is 13.5. The molecule has 1 aliphatic rings. The summed E-state index contributed by atoms with van der Waals surface area (Å²) in [5.74, 6) is -1.22. The Hall–Kier alpha value is -2.50. The van der Waals surface area contributed by atoms with E-state index in [1.165, 1.54) is 0 Å². The molecule has 0 bridgehead atoms. The number of aromatic amines is 1. The summed E-state index contributed by atoms with van der Waals surface area (Å²) in [6.07, 6.45) is 2.09. The van der Waals surface area contributed by atoms with Crippen molar-refractivity contribution < 1.29 is 14.7 Å². The van der Waals surface area contributed by atoms with Gasteiger partial charge in [0, 0.05) is 36.3 Å². The highest BCUT2D eigenvalue weighted by molar-refractivity contribution is 5.99.